The number of hydrogen-bond acceptors (Lipinski definition) is 3. The molecule has 106 valence electrons. The van der Waals surface area contributed by atoms with Crippen LogP contribution in [0.3, 0.4) is 0 Å². The van der Waals surface area contributed by atoms with E-state index in [1.54, 1.807) is 6.20 Å². The van der Waals surface area contributed by atoms with Gasteiger partial charge in [0.15, 0.2) is 0 Å². The molecule has 3 N–H and O–H groups in total. The maximum Gasteiger partial charge on any atom is 0.142 e. The van der Waals surface area contributed by atoms with Crippen LogP contribution in [0.15, 0.2) is 36.8 Å². The van der Waals surface area contributed by atoms with Crippen molar-refractivity contribution in [1.82, 2.24) is 14.5 Å². The molecule has 0 aliphatic carbocycles. The Morgan fingerprint density at radius 2 is 2.00 bits per heavy atom. The van der Waals surface area contributed by atoms with Crippen LogP contribution in [-0.2, 0) is 6.54 Å². The van der Waals surface area contributed by atoms with Crippen LogP contribution in [-0.4, -0.2) is 20.4 Å². The van der Waals surface area contributed by atoms with E-state index in [2.05, 4.69) is 40.5 Å². The quantitative estimate of drug-likeness (QED) is 0.570. The number of fused-ring (bicyclic) bond motifs is 1. The number of nitrogens with two attached hydrogens (primary N) is 1. The Morgan fingerprint density at radius 1 is 1.24 bits per heavy atom. The number of rotatable bonds is 3. The summed E-state index contributed by atoms with van der Waals surface area (Å²) in [5.41, 5.74) is 11.6. The topological polar surface area (TPSA) is 80.6 Å². The normalized spacial score (nSPS) is 11.0. The summed E-state index contributed by atoms with van der Waals surface area (Å²) in [6.07, 6.45) is 3.47. The minimum absolute atomic E-state index is 0.0120. The molecule has 5 nitrogen and oxygen atoms in total. The molecule has 0 fully saturated rings. The second-order valence-corrected chi connectivity index (χ2v) is 5.22. The number of nitrogen functional groups attached to an aromatic ring is 1. The zero-order valence-corrected chi connectivity index (χ0v) is 12.1. The van der Waals surface area contributed by atoms with E-state index in [0.717, 1.165) is 16.6 Å². The molecular formula is C16H17N5. The minimum atomic E-state index is -0.0120. The molecule has 0 saturated carbocycles. The first-order valence-electron chi connectivity index (χ1n) is 6.76. The van der Waals surface area contributed by atoms with Crippen molar-refractivity contribution in [3.05, 3.63) is 59.2 Å². The SMILES string of the molecule is Cc1cc2ncn(Cc3cccnc3C(=N)N)c2cc1C. The van der Waals surface area contributed by atoms with Crippen molar-refractivity contribution in [3.63, 3.8) is 0 Å². The second-order valence-electron chi connectivity index (χ2n) is 5.22. The van der Waals surface area contributed by atoms with Gasteiger partial charge in [-0.15, -0.1) is 0 Å². The van der Waals surface area contributed by atoms with Crippen molar-refractivity contribution in [3.8, 4) is 0 Å². The molecule has 1 aromatic carbocycles. The standard InChI is InChI=1S/C16H17N5/c1-10-6-13-14(7-11(10)2)21(9-20-13)8-12-4-3-5-19-15(12)16(17)18/h3-7,9H,8H2,1-2H3,(H3,17,18). The molecule has 21 heavy (non-hydrogen) atoms. The van der Waals surface area contributed by atoms with Crippen molar-refractivity contribution < 1.29 is 0 Å². The largest absolute Gasteiger partial charge is 0.382 e. The third kappa shape index (κ3) is 2.38. The molecule has 0 amide bonds. The van der Waals surface area contributed by atoms with Crippen LogP contribution < -0.4 is 5.73 Å². The molecule has 0 unspecified atom stereocenters. The van der Waals surface area contributed by atoms with Crippen molar-refractivity contribution in [2.75, 3.05) is 0 Å². The van der Waals surface area contributed by atoms with Gasteiger partial charge in [-0.2, -0.15) is 0 Å². The van der Waals surface area contributed by atoms with Crippen LogP contribution >= 0.6 is 0 Å². The van der Waals surface area contributed by atoms with E-state index in [0.29, 0.717) is 12.2 Å². The zero-order chi connectivity index (χ0) is 15.0. The smallest absolute Gasteiger partial charge is 0.142 e. The Balaban J connectivity index is 2.07. The van der Waals surface area contributed by atoms with E-state index < -0.39 is 0 Å². The van der Waals surface area contributed by atoms with Crippen LogP contribution in [0.1, 0.15) is 22.4 Å². The van der Waals surface area contributed by atoms with Crippen LogP contribution in [0.2, 0.25) is 0 Å². The summed E-state index contributed by atoms with van der Waals surface area (Å²) in [7, 11) is 0. The molecule has 0 aliphatic heterocycles. The van der Waals surface area contributed by atoms with Gasteiger partial charge < -0.3 is 10.3 Å². The van der Waals surface area contributed by atoms with Gasteiger partial charge in [0.2, 0.25) is 0 Å². The predicted octanol–water partition coefficient (Wildman–Crippen LogP) is 2.38. The summed E-state index contributed by atoms with van der Waals surface area (Å²) < 4.78 is 2.06. The van der Waals surface area contributed by atoms with Crippen LogP contribution in [0.5, 0.6) is 0 Å². The summed E-state index contributed by atoms with van der Waals surface area (Å²) in [5, 5.41) is 7.62. The molecule has 0 bridgehead atoms. The average Bonchev–Trinajstić information content (AvgIpc) is 2.82. The second kappa shape index (κ2) is 5.01. The van der Waals surface area contributed by atoms with Gasteiger partial charge in [-0.25, -0.2) is 4.98 Å². The lowest BCUT2D eigenvalue weighted by Crippen LogP contribution is -2.17. The molecular weight excluding hydrogens is 262 g/mol. The van der Waals surface area contributed by atoms with Gasteiger partial charge in [0.1, 0.15) is 11.5 Å². The lowest BCUT2D eigenvalue weighted by atomic mass is 10.1. The van der Waals surface area contributed by atoms with Gasteiger partial charge >= 0.3 is 0 Å². The molecule has 2 aromatic heterocycles. The van der Waals surface area contributed by atoms with Gasteiger partial charge in [-0.1, -0.05) is 6.07 Å². The maximum atomic E-state index is 7.62. The summed E-state index contributed by atoms with van der Waals surface area (Å²) >= 11 is 0. The average molecular weight is 279 g/mol. The number of imidazole rings is 1. The first kappa shape index (κ1) is 13.3. The monoisotopic (exact) mass is 279 g/mol. The van der Waals surface area contributed by atoms with Crippen molar-refractivity contribution in [2.45, 2.75) is 20.4 Å². The first-order valence-corrected chi connectivity index (χ1v) is 6.76. The Hall–Kier alpha value is -2.69. The number of benzene rings is 1. The number of hydrogen-bond donors (Lipinski definition) is 2. The van der Waals surface area contributed by atoms with Crippen molar-refractivity contribution >= 4 is 16.9 Å². The molecule has 3 rings (SSSR count). The van der Waals surface area contributed by atoms with E-state index in [9.17, 15) is 0 Å². The maximum absolute atomic E-state index is 7.62. The molecule has 0 radical (unpaired) electrons. The van der Waals surface area contributed by atoms with Crippen LogP contribution in [0.4, 0.5) is 0 Å². The highest BCUT2D eigenvalue weighted by molar-refractivity contribution is 5.94. The summed E-state index contributed by atoms with van der Waals surface area (Å²) in [6.45, 7) is 4.78. The number of aryl methyl sites for hydroxylation is 2. The van der Waals surface area contributed by atoms with Crippen LogP contribution in [0, 0.1) is 19.3 Å². The van der Waals surface area contributed by atoms with E-state index in [-0.39, 0.29) is 5.84 Å². The fourth-order valence-electron chi connectivity index (χ4n) is 2.43. The molecule has 5 heteroatoms. The van der Waals surface area contributed by atoms with E-state index in [1.807, 2.05) is 18.5 Å². The molecule has 0 saturated heterocycles. The number of nitrogens with one attached hydrogen (secondary N) is 1. The van der Waals surface area contributed by atoms with Crippen LogP contribution in [0.25, 0.3) is 11.0 Å². The van der Waals surface area contributed by atoms with E-state index in [1.165, 1.54) is 11.1 Å². The Bertz CT molecular complexity index is 832. The molecule has 2 heterocycles. The molecule has 0 atom stereocenters. The van der Waals surface area contributed by atoms with E-state index >= 15 is 0 Å². The lowest BCUT2D eigenvalue weighted by Gasteiger charge is -2.09. The Labute approximate surface area is 123 Å². The summed E-state index contributed by atoms with van der Waals surface area (Å²) in [5.74, 6) is -0.0120. The zero-order valence-electron chi connectivity index (χ0n) is 12.1. The van der Waals surface area contributed by atoms with Gasteiger partial charge in [-0.3, -0.25) is 10.4 Å². The number of pyridine rings is 1. The lowest BCUT2D eigenvalue weighted by molar-refractivity contribution is 0.816. The Kier molecular flexibility index (Phi) is 3.17. The van der Waals surface area contributed by atoms with Gasteiger partial charge in [0.05, 0.1) is 23.9 Å². The number of nitrogens with zero attached hydrogens (tertiary/aromatic N) is 3. The fraction of sp³-hybridized carbons (Fsp3) is 0.188. The highest BCUT2D eigenvalue weighted by Gasteiger charge is 2.10. The summed E-state index contributed by atoms with van der Waals surface area (Å²) in [4.78, 5) is 8.64. The van der Waals surface area contributed by atoms with Gasteiger partial charge in [-0.05, 0) is 43.2 Å². The summed E-state index contributed by atoms with van der Waals surface area (Å²) in [6, 6.07) is 8.03. The third-order valence-corrected chi connectivity index (χ3v) is 3.72. The fourth-order valence-corrected chi connectivity index (χ4v) is 2.43. The first-order chi connectivity index (χ1) is 10.1. The van der Waals surface area contributed by atoms with Crippen molar-refractivity contribution in [2.24, 2.45) is 5.73 Å². The predicted molar refractivity (Wildman–Crippen MR) is 83.6 cm³/mol. The number of aromatic nitrogens is 3. The van der Waals surface area contributed by atoms with E-state index in [4.69, 9.17) is 11.1 Å². The minimum Gasteiger partial charge on any atom is -0.382 e. The number of amidine groups is 1. The molecule has 3 aromatic rings. The third-order valence-electron chi connectivity index (χ3n) is 3.72. The van der Waals surface area contributed by atoms with Gasteiger partial charge in [0, 0.05) is 11.8 Å². The Morgan fingerprint density at radius 3 is 2.76 bits per heavy atom. The highest BCUT2D eigenvalue weighted by atomic mass is 15.0. The highest BCUT2D eigenvalue weighted by Crippen LogP contribution is 2.20. The molecule has 0 aliphatic rings. The van der Waals surface area contributed by atoms with Crippen molar-refractivity contribution in [1.29, 1.82) is 5.41 Å². The van der Waals surface area contributed by atoms with Gasteiger partial charge in [0.25, 0.3) is 0 Å². The molecule has 0 spiro atoms.